The van der Waals surface area contributed by atoms with Gasteiger partial charge in [-0.05, 0) is 44.4 Å². The number of hydrogen-bond donors (Lipinski definition) is 1. The summed E-state index contributed by atoms with van der Waals surface area (Å²) in [5.74, 6) is -0.349. The molecule has 1 aromatic carbocycles. The van der Waals surface area contributed by atoms with Crippen molar-refractivity contribution in [2.24, 2.45) is 0 Å². The van der Waals surface area contributed by atoms with Crippen LogP contribution in [0.1, 0.15) is 38.7 Å². The van der Waals surface area contributed by atoms with Gasteiger partial charge in [0.2, 0.25) is 5.91 Å². The number of benzene rings is 1. The lowest BCUT2D eigenvalue weighted by Gasteiger charge is -2.42. The van der Waals surface area contributed by atoms with Crippen LogP contribution >= 0.6 is 0 Å². The minimum absolute atomic E-state index is 0.0611. The van der Waals surface area contributed by atoms with E-state index in [2.05, 4.69) is 5.32 Å². The largest absolute Gasteiger partial charge is 0.379 e. The number of nitrogens with one attached hydrogen (secondary N) is 1. The van der Waals surface area contributed by atoms with Crippen molar-refractivity contribution in [2.75, 3.05) is 26.4 Å². The second-order valence-corrected chi connectivity index (χ2v) is 6.07. The molecule has 0 heterocycles. The quantitative estimate of drug-likeness (QED) is 0.711. The molecule has 1 atom stereocenters. The Morgan fingerprint density at radius 2 is 2.00 bits per heavy atom. The molecule has 0 spiro atoms. The van der Waals surface area contributed by atoms with E-state index in [9.17, 15) is 9.18 Å². The maximum Gasteiger partial charge on any atom is 0.248 e. The summed E-state index contributed by atoms with van der Waals surface area (Å²) in [7, 11) is 0. The van der Waals surface area contributed by atoms with Crippen LogP contribution < -0.4 is 5.32 Å². The highest BCUT2D eigenvalue weighted by atomic mass is 19.1. The highest BCUT2D eigenvalue weighted by molar-refractivity contribution is 5.80. The molecule has 1 N–H and O–H groups in total. The normalized spacial score (nSPS) is 17.3. The molecule has 0 radical (unpaired) electrons. The molecule has 2 rings (SSSR count). The fourth-order valence-electron chi connectivity index (χ4n) is 2.88. The van der Waals surface area contributed by atoms with Gasteiger partial charge in [-0.15, -0.1) is 0 Å². The molecule has 0 aliphatic heterocycles. The van der Waals surface area contributed by atoms with Crippen molar-refractivity contribution in [1.82, 2.24) is 5.32 Å². The average Bonchev–Trinajstić information content (AvgIpc) is 2.51. The highest BCUT2D eigenvalue weighted by Crippen LogP contribution is 2.43. The summed E-state index contributed by atoms with van der Waals surface area (Å²) >= 11 is 0. The van der Waals surface area contributed by atoms with Crippen molar-refractivity contribution in [3.05, 3.63) is 35.6 Å². The first kappa shape index (κ1) is 17.9. The lowest BCUT2D eigenvalue weighted by atomic mass is 9.64. The number of carbonyl (C=O) groups is 1. The summed E-state index contributed by atoms with van der Waals surface area (Å²) in [5.41, 5.74) is 1.03. The molecule has 1 amide bonds. The van der Waals surface area contributed by atoms with Gasteiger partial charge < -0.3 is 14.8 Å². The Bertz CT molecular complexity index is 499. The van der Waals surface area contributed by atoms with E-state index in [0.717, 1.165) is 24.8 Å². The van der Waals surface area contributed by atoms with Gasteiger partial charge in [0.05, 0.1) is 13.2 Å². The Labute approximate surface area is 137 Å². The van der Waals surface area contributed by atoms with E-state index in [1.54, 1.807) is 6.92 Å². The van der Waals surface area contributed by atoms with Crippen LogP contribution in [0.3, 0.4) is 0 Å². The SMILES string of the molecule is CCOCCOC(C)C(=O)NCC1(c2ccc(F)cc2)CCC1. The maximum atomic E-state index is 13.1. The van der Waals surface area contributed by atoms with Crippen molar-refractivity contribution >= 4 is 5.91 Å². The summed E-state index contributed by atoms with van der Waals surface area (Å²) in [4.78, 5) is 12.1. The third-order valence-corrected chi connectivity index (χ3v) is 4.54. The summed E-state index contributed by atoms with van der Waals surface area (Å²) < 4.78 is 23.7. The lowest BCUT2D eigenvalue weighted by molar-refractivity contribution is -0.133. The molecule has 23 heavy (non-hydrogen) atoms. The molecular formula is C18H26FNO3. The van der Waals surface area contributed by atoms with Gasteiger partial charge in [-0.25, -0.2) is 4.39 Å². The van der Waals surface area contributed by atoms with Crippen LogP contribution in [0.4, 0.5) is 4.39 Å². The first-order valence-electron chi connectivity index (χ1n) is 8.30. The maximum absolute atomic E-state index is 13.1. The fraction of sp³-hybridized carbons (Fsp3) is 0.611. The molecule has 0 saturated heterocycles. The summed E-state index contributed by atoms with van der Waals surface area (Å²) in [5, 5.41) is 2.98. The predicted molar refractivity (Wildman–Crippen MR) is 86.8 cm³/mol. The molecule has 128 valence electrons. The zero-order valence-electron chi connectivity index (χ0n) is 13.9. The molecule has 1 aromatic rings. The number of carbonyl (C=O) groups excluding carboxylic acids is 1. The van der Waals surface area contributed by atoms with Crippen molar-refractivity contribution < 1.29 is 18.7 Å². The fourth-order valence-corrected chi connectivity index (χ4v) is 2.88. The van der Waals surface area contributed by atoms with Gasteiger partial charge in [0.15, 0.2) is 0 Å². The second-order valence-electron chi connectivity index (χ2n) is 6.07. The molecule has 1 aliphatic carbocycles. The van der Waals surface area contributed by atoms with Crippen molar-refractivity contribution in [1.29, 1.82) is 0 Å². The van der Waals surface area contributed by atoms with Crippen LogP contribution in [-0.4, -0.2) is 38.4 Å². The Morgan fingerprint density at radius 1 is 1.30 bits per heavy atom. The first-order valence-corrected chi connectivity index (χ1v) is 8.30. The average molecular weight is 323 g/mol. The third kappa shape index (κ3) is 4.75. The van der Waals surface area contributed by atoms with Crippen molar-refractivity contribution in [2.45, 2.75) is 44.6 Å². The topological polar surface area (TPSA) is 47.6 Å². The number of amides is 1. The molecule has 0 aromatic heterocycles. The van der Waals surface area contributed by atoms with E-state index < -0.39 is 6.10 Å². The molecule has 0 bridgehead atoms. The molecular weight excluding hydrogens is 297 g/mol. The number of rotatable bonds is 9. The molecule has 4 nitrogen and oxygen atoms in total. The molecule has 1 saturated carbocycles. The third-order valence-electron chi connectivity index (χ3n) is 4.54. The van der Waals surface area contributed by atoms with Crippen LogP contribution in [0, 0.1) is 5.82 Å². The minimum atomic E-state index is -0.499. The Kier molecular flexibility index (Phi) is 6.54. The molecule has 1 fully saturated rings. The van der Waals surface area contributed by atoms with E-state index in [0.29, 0.717) is 26.4 Å². The van der Waals surface area contributed by atoms with E-state index in [4.69, 9.17) is 9.47 Å². The number of hydrogen-bond acceptors (Lipinski definition) is 3. The van der Waals surface area contributed by atoms with Gasteiger partial charge in [-0.2, -0.15) is 0 Å². The number of halogens is 1. The van der Waals surface area contributed by atoms with Crippen molar-refractivity contribution in [3.63, 3.8) is 0 Å². The van der Waals surface area contributed by atoms with Gasteiger partial charge in [0, 0.05) is 18.6 Å². The van der Waals surface area contributed by atoms with Gasteiger partial charge in [-0.3, -0.25) is 4.79 Å². The molecule has 1 aliphatic rings. The van der Waals surface area contributed by atoms with Crippen LogP contribution in [0.2, 0.25) is 0 Å². The highest BCUT2D eigenvalue weighted by Gasteiger charge is 2.39. The lowest BCUT2D eigenvalue weighted by Crippen LogP contribution is -2.48. The van der Waals surface area contributed by atoms with Crippen molar-refractivity contribution in [3.8, 4) is 0 Å². The summed E-state index contributed by atoms with van der Waals surface area (Å²) in [6.07, 6.45) is 2.66. The van der Waals surface area contributed by atoms with Gasteiger partial charge in [-0.1, -0.05) is 18.6 Å². The van der Waals surface area contributed by atoms with E-state index in [-0.39, 0.29) is 17.1 Å². The smallest absolute Gasteiger partial charge is 0.248 e. The zero-order chi connectivity index (χ0) is 16.7. The van der Waals surface area contributed by atoms with Gasteiger partial charge in [0.25, 0.3) is 0 Å². The molecule has 5 heteroatoms. The van der Waals surface area contributed by atoms with Crippen LogP contribution in [-0.2, 0) is 19.7 Å². The summed E-state index contributed by atoms with van der Waals surface area (Å²) in [6, 6.07) is 6.61. The zero-order valence-corrected chi connectivity index (χ0v) is 13.9. The minimum Gasteiger partial charge on any atom is -0.379 e. The standard InChI is InChI=1S/C18H26FNO3/c1-3-22-11-12-23-14(2)17(21)20-13-18(9-4-10-18)15-5-7-16(19)8-6-15/h5-8,14H,3-4,9-13H2,1-2H3,(H,20,21). The van der Waals surface area contributed by atoms with E-state index >= 15 is 0 Å². The van der Waals surface area contributed by atoms with Gasteiger partial charge in [0.1, 0.15) is 11.9 Å². The van der Waals surface area contributed by atoms with Gasteiger partial charge >= 0.3 is 0 Å². The monoisotopic (exact) mass is 323 g/mol. The predicted octanol–water partition coefficient (Wildman–Crippen LogP) is 2.81. The Morgan fingerprint density at radius 3 is 2.57 bits per heavy atom. The van der Waals surface area contributed by atoms with E-state index in [1.165, 1.54) is 12.1 Å². The molecule has 1 unspecified atom stereocenters. The Hall–Kier alpha value is -1.46. The Balaban J connectivity index is 1.83. The van der Waals surface area contributed by atoms with Crippen LogP contribution in [0.15, 0.2) is 24.3 Å². The number of ether oxygens (including phenoxy) is 2. The summed E-state index contributed by atoms with van der Waals surface area (Å²) in [6.45, 7) is 5.77. The van der Waals surface area contributed by atoms with Crippen LogP contribution in [0.25, 0.3) is 0 Å². The van der Waals surface area contributed by atoms with E-state index in [1.807, 2.05) is 19.1 Å². The van der Waals surface area contributed by atoms with Crippen LogP contribution in [0.5, 0.6) is 0 Å². The first-order chi connectivity index (χ1) is 11.1. The second kappa shape index (κ2) is 8.41.